The molecule has 0 amide bonds. The molecule has 0 aliphatic carbocycles. The molecule has 4 rings (SSSR count). The number of aromatic nitrogens is 4. The van der Waals surface area contributed by atoms with E-state index in [4.69, 9.17) is 16.0 Å². The predicted molar refractivity (Wildman–Crippen MR) is 89.5 cm³/mol. The lowest BCUT2D eigenvalue weighted by Crippen LogP contribution is -1.96. The van der Waals surface area contributed by atoms with Crippen LogP contribution in [-0.4, -0.2) is 19.8 Å². The fourth-order valence-corrected chi connectivity index (χ4v) is 3.23. The number of rotatable bonds is 4. The first-order valence-electron chi connectivity index (χ1n) is 6.93. The molecule has 0 spiro atoms. The summed E-state index contributed by atoms with van der Waals surface area (Å²) in [6.45, 7) is 0. The highest BCUT2D eigenvalue weighted by Gasteiger charge is 2.10. The third-order valence-corrected chi connectivity index (χ3v) is 4.49. The van der Waals surface area contributed by atoms with Crippen molar-refractivity contribution < 1.29 is 4.42 Å². The summed E-state index contributed by atoms with van der Waals surface area (Å²) >= 11 is 7.58. The van der Waals surface area contributed by atoms with Crippen molar-refractivity contribution in [3.8, 4) is 11.5 Å². The lowest BCUT2D eigenvalue weighted by atomic mass is 10.2. The van der Waals surface area contributed by atoms with Crippen LogP contribution in [0.25, 0.3) is 17.1 Å². The van der Waals surface area contributed by atoms with E-state index in [1.54, 1.807) is 22.5 Å². The van der Waals surface area contributed by atoms with Crippen molar-refractivity contribution in [2.24, 2.45) is 0 Å². The molecule has 0 N–H and O–H groups in total. The van der Waals surface area contributed by atoms with E-state index in [-0.39, 0.29) is 0 Å². The maximum absolute atomic E-state index is 6.01. The highest BCUT2D eigenvalue weighted by molar-refractivity contribution is 7.98. The molecular weight excluding hydrogens is 332 g/mol. The second-order valence-electron chi connectivity index (χ2n) is 4.87. The minimum Gasteiger partial charge on any atom is -0.463 e. The lowest BCUT2D eigenvalue weighted by Gasteiger charge is -2.02. The van der Waals surface area contributed by atoms with Crippen molar-refractivity contribution >= 4 is 29.0 Å². The molecule has 4 aromatic rings. The van der Waals surface area contributed by atoms with Gasteiger partial charge in [0.05, 0.1) is 6.26 Å². The number of hydrogen-bond donors (Lipinski definition) is 0. The first kappa shape index (κ1) is 14.3. The summed E-state index contributed by atoms with van der Waals surface area (Å²) < 4.78 is 7.12. The molecule has 0 radical (unpaired) electrons. The number of benzene rings is 1. The Labute approximate surface area is 141 Å². The van der Waals surface area contributed by atoms with Crippen molar-refractivity contribution in [3.05, 3.63) is 65.4 Å². The van der Waals surface area contributed by atoms with Crippen LogP contribution < -0.4 is 0 Å². The van der Waals surface area contributed by atoms with Crippen LogP contribution >= 0.6 is 23.4 Å². The van der Waals surface area contributed by atoms with Gasteiger partial charge in [-0.1, -0.05) is 35.5 Å². The highest BCUT2D eigenvalue weighted by atomic mass is 35.5. The van der Waals surface area contributed by atoms with Gasteiger partial charge < -0.3 is 4.42 Å². The Morgan fingerprint density at radius 3 is 2.87 bits per heavy atom. The van der Waals surface area contributed by atoms with Gasteiger partial charge in [-0.05, 0) is 42.0 Å². The van der Waals surface area contributed by atoms with Crippen LogP contribution in [0, 0.1) is 0 Å². The number of nitrogens with zero attached hydrogens (tertiary/aromatic N) is 4. The molecule has 0 saturated heterocycles. The van der Waals surface area contributed by atoms with Crippen molar-refractivity contribution in [3.63, 3.8) is 0 Å². The average Bonchev–Trinajstić information content (AvgIpc) is 3.22. The Morgan fingerprint density at radius 1 is 1.09 bits per heavy atom. The SMILES string of the molecule is Clc1cccc(CSc2nnc3ccc(-c4ccco4)nn23)c1. The normalized spacial score (nSPS) is 11.2. The van der Waals surface area contributed by atoms with Crippen LogP contribution in [0.2, 0.25) is 5.02 Å². The topological polar surface area (TPSA) is 56.2 Å². The van der Waals surface area contributed by atoms with Crippen molar-refractivity contribution in [2.45, 2.75) is 10.9 Å². The molecule has 7 heteroatoms. The van der Waals surface area contributed by atoms with Crippen molar-refractivity contribution in [1.29, 1.82) is 0 Å². The van der Waals surface area contributed by atoms with Crippen molar-refractivity contribution in [1.82, 2.24) is 19.8 Å². The van der Waals surface area contributed by atoms with Gasteiger partial charge in [0.25, 0.3) is 0 Å². The monoisotopic (exact) mass is 342 g/mol. The Bertz CT molecular complexity index is 952. The van der Waals surface area contributed by atoms with E-state index in [9.17, 15) is 0 Å². The zero-order valence-corrected chi connectivity index (χ0v) is 13.5. The van der Waals surface area contributed by atoms with E-state index in [0.717, 1.165) is 27.2 Å². The van der Waals surface area contributed by atoms with Gasteiger partial charge in [0.15, 0.2) is 11.4 Å². The maximum atomic E-state index is 6.01. The molecule has 1 aromatic carbocycles. The summed E-state index contributed by atoms with van der Waals surface area (Å²) in [6, 6.07) is 15.2. The number of furan rings is 1. The molecule has 3 heterocycles. The molecule has 0 unspecified atom stereocenters. The van der Waals surface area contributed by atoms with Gasteiger partial charge in [0.1, 0.15) is 5.69 Å². The van der Waals surface area contributed by atoms with Gasteiger partial charge in [-0.25, -0.2) is 0 Å². The summed E-state index contributed by atoms with van der Waals surface area (Å²) in [5.74, 6) is 1.46. The molecule has 0 bridgehead atoms. The molecular formula is C16H11ClN4OS. The van der Waals surface area contributed by atoms with E-state index in [0.29, 0.717) is 11.4 Å². The molecule has 0 saturated carbocycles. The van der Waals surface area contributed by atoms with E-state index >= 15 is 0 Å². The van der Waals surface area contributed by atoms with Crippen LogP contribution in [-0.2, 0) is 5.75 Å². The first-order chi connectivity index (χ1) is 11.3. The lowest BCUT2D eigenvalue weighted by molar-refractivity contribution is 0.577. The Balaban J connectivity index is 1.63. The average molecular weight is 343 g/mol. The number of thioether (sulfide) groups is 1. The fraction of sp³-hybridized carbons (Fsp3) is 0.0625. The third kappa shape index (κ3) is 2.95. The van der Waals surface area contributed by atoms with Crippen LogP contribution in [0.15, 0.2) is 64.4 Å². The van der Waals surface area contributed by atoms with E-state index in [2.05, 4.69) is 15.3 Å². The van der Waals surface area contributed by atoms with E-state index in [1.165, 1.54) is 0 Å². The summed E-state index contributed by atoms with van der Waals surface area (Å²) in [7, 11) is 0. The summed E-state index contributed by atoms with van der Waals surface area (Å²) in [4.78, 5) is 0. The fourth-order valence-electron chi connectivity index (χ4n) is 2.19. The molecule has 5 nitrogen and oxygen atoms in total. The van der Waals surface area contributed by atoms with Crippen LogP contribution in [0.5, 0.6) is 0 Å². The summed E-state index contributed by atoms with van der Waals surface area (Å²) in [5.41, 5.74) is 2.57. The zero-order chi connectivity index (χ0) is 15.6. The van der Waals surface area contributed by atoms with E-state index in [1.807, 2.05) is 48.5 Å². The van der Waals surface area contributed by atoms with Gasteiger partial charge in [-0.15, -0.1) is 10.2 Å². The minimum absolute atomic E-state index is 0.703. The Morgan fingerprint density at radius 2 is 2.04 bits per heavy atom. The van der Waals surface area contributed by atoms with Crippen LogP contribution in [0.4, 0.5) is 0 Å². The summed E-state index contributed by atoms with van der Waals surface area (Å²) in [5, 5.41) is 14.4. The number of halogens is 1. The molecule has 3 aromatic heterocycles. The van der Waals surface area contributed by atoms with Gasteiger partial charge in [0.2, 0.25) is 5.16 Å². The molecule has 0 aliphatic rings. The second kappa shape index (κ2) is 6.06. The minimum atomic E-state index is 0.703. The van der Waals surface area contributed by atoms with Crippen LogP contribution in [0.1, 0.15) is 5.56 Å². The zero-order valence-electron chi connectivity index (χ0n) is 11.9. The van der Waals surface area contributed by atoms with Gasteiger partial charge in [-0.3, -0.25) is 0 Å². The molecule has 114 valence electrons. The van der Waals surface area contributed by atoms with E-state index < -0.39 is 0 Å². The Hall–Kier alpha value is -2.31. The molecule has 0 fully saturated rings. The molecule has 0 atom stereocenters. The first-order valence-corrected chi connectivity index (χ1v) is 8.29. The standard InChI is InChI=1S/C16H11ClN4OS/c17-12-4-1-3-11(9-12)10-23-16-19-18-15-7-6-13(20-21(15)16)14-5-2-8-22-14/h1-9H,10H2. The number of hydrogen-bond acceptors (Lipinski definition) is 5. The second-order valence-corrected chi connectivity index (χ2v) is 6.25. The maximum Gasteiger partial charge on any atom is 0.212 e. The quantitative estimate of drug-likeness (QED) is 0.517. The van der Waals surface area contributed by atoms with Gasteiger partial charge in [-0.2, -0.15) is 9.61 Å². The third-order valence-electron chi connectivity index (χ3n) is 3.26. The van der Waals surface area contributed by atoms with Gasteiger partial charge >= 0.3 is 0 Å². The van der Waals surface area contributed by atoms with Gasteiger partial charge in [0, 0.05) is 10.8 Å². The number of fused-ring (bicyclic) bond motifs is 1. The largest absolute Gasteiger partial charge is 0.463 e. The van der Waals surface area contributed by atoms with Crippen LogP contribution in [0.3, 0.4) is 0 Å². The smallest absolute Gasteiger partial charge is 0.212 e. The molecule has 0 aliphatic heterocycles. The predicted octanol–water partition coefficient (Wildman–Crippen LogP) is 4.33. The summed E-state index contributed by atoms with van der Waals surface area (Å²) in [6.07, 6.45) is 1.63. The molecule has 23 heavy (non-hydrogen) atoms. The van der Waals surface area contributed by atoms with Crippen molar-refractivity contribution in [2.75, 3.05) is 0 Å². The Kier molecular flexibility index (Phi) is 3.77. The highest BCUT2D eigenvalue weighted by Crippen LogP contribution is 2.24.